The molecule has 0 saturated heterocycles. The number of para-hydroxylation sites is 1. The first-order chi connectivity index (χ1) is 13.7. The van der Waals surface area contributed by atoms with E-state index in [0.29, 0.717) is 5.75 Å². The molecule has 0 amide bonds. The van der Waals surface area contributed by atoms with E-state index >= 15 is 0 Å². The van der Waals surface area contributed by atoms with Gasteiger partial charge in [0.15, 0.2) is 0 Å². The summed E-state index contributed by atoms with van der Waals surface area (Å²) in [6, 6.07) is 33.5. The summed E-state index contributed by atoms with van der Waals surface area (Å²) < 4.78 is 5.10. The molecule has 0 saturated carbocycles. The summed E-state index contributed by atoms with van der Waals surface area (Å²) in [5.41, 5.74) is 5.83. The number of ether oxygens (including phenoxy) is 1. The molecule has 136 valence electrons. The fourth-order valence-electron chi connectivity index (χ4n) is 3.42. The van der Waals surface area contributed by atoms with Crippen LogP contribution < -0.4 is 4.74 Å². The highest BCUT2D eigenvalue weighted by Crippen LogP contribution is 2.43. The maximum Gasteiger partial charge on any atom is 0.511 e. The Balaban J connectivity index is 2.03. The molecule has 0 atom stereocenters. The van der Waals surface area contributed by atoms with Gasteiger partial charge in [-0.3, -0.25) is 0 Å². The maximum absolute atomic E-state index is 11.2. The van der Waals surface area contributed by atoms with Crippen molar-refractivity contribution in [3.8, 4) is 39.1 Å². The van der Waals surface area contributed by atoms with Gasteiger partial charge in [0.05, 0.1) is 0 Å². The van der Waals surface area contributed by atoms with Gasteiger partial charge in [-0.05, 0) is 28.3 Å². The van der Waals surface area contributed by atoms with Crippen molar-refractivity contribution in [1.82, 2.24) is 0 Å². The summed E-state index contributed by atoms with van der Waals surface area (Å²) >= 11 is 0. The molecule has 0 aliphatic carbocycles. The maximum atomic E-state index is 11.2. The van der Waals surface area contributed by atoms with Crippen LogP contribution >= 0.6 is 0 Å². The summed E-state index contributed by atoms with van der Waals surface area (Å²) in [7, 11) is 0. The highest BCUT2D eigenvalue weighted by Gasteiger charge is 2.18. The normalized spacial score (nSPS) is 10.4. The average Bonchev–Trinajstić information content (AvgIpc) is 2.74. The average molecular weight is 366 g/mol. The first kappa shape index (κ1) is 17.6. The lowest BCUT2D eigenvalue weighted by Gasteiger charge is -2.18. The summed E-state index contributed by atoms with van der Waals surface area (Å²) in [5.74, 6) is 0.315. The minimum Gasteiger partial charge on any atom is -0.449 e. The lowest BCUT2D eigenvalue weighted by Crippen LogP contribution is -2.04. The van der Waals surface area contributed by atoms with Crippen LogP contribution in [0.15, 0.2) is 103 Å². The lowest BCUT2D eigenvalue weighted by atomic mass is 9.87. The molecule has 4 rings (SSSR count). The Morgan fingerprint density at radius 2 is 1.04 bits per heavy atom. The molecule has 4 aromatic rings. The van der Waals surface area contributed by atoms with Crippen LogP contribution in [0.2, 0.25) is 0 Å². The van der Waals surface area contributed by atoms with Crippen molar-refractivity contribution in [1.29, 1.82) is 0 Å². The molecule has 0 aromatic heterocycles. The third-order valence-electron chi connectivity index (χ3n) is 4.59. The molecule has 3 heteroatoms. The number of carbonyl (C=O) groups is 1. The second-order valence-corrected chi connectivity index (χ2v) is 6.32. The highest BCUT2D eigenvalue weighted by molar-refractivity contribution is 5.96. The largest absolute Gasteiger partial charge is 0.511 e. The van der Waals surface area contributed by atoms with Gasteiger partial charge in [0.1, 0.15) is 5.75 Å². The van der Waals surface area contributed by atoms with Crippen LogP contribution in [0.3, 0.4) is 0 Å². The Bertz CT molecular complexity index is 1050. The summed E-state index contributed by atoms with van der Waals surface area (Å²) in [5, 5.41) is 9.19. The molecule has 1 N–H and O–H groups in total. The molecule has 28 heavy (non-hydrogen) atoms. The molecule has 0 heterocycles. The van der Waals surface area contributed by atoms with Gasteiger partial charge in [-0.1, -0.05) is 97.1 Å². The minimum absolute atomic E-state index is 0.315. The van der Waals surface area contributed by atoms with Gasteiger partial charge in [0.2, 0.25) is 0 Å². The van der Waals surface area contributed by atoms with E-state index in [1.807, 2.05) is 78.9 Å². The quantitative estimate of drug-likeness (QED) is 0.321. The van der Waals surface area contributed by atoms with Crippen LogP contribution in [0.4, 0.5) is 4.79 Å². The third kappa shape index (κ3) is 3.51. The van der Waals surface area contributed by atoms with Gasteiger partial charge in [-0.15, -0.1) is 0 Å². The summed E-state index contributed by atoms with van der Waals surface area (Å²) in [6.07, 6.45) is -1.33. The van der Waals surface area contributed by atoms with Crippen molar-refractivity contribution < 1.29 is 14.6 Å². The number of carboxylic acid groups (broad SMARTS) is 1. The van der Waals surface area contributed by atoms with E-state index in [1.165, 1.54) is 0 Å². The molecule has 0 aliphatic heterocycles. The second-order valence-electron chi connectivity index (χ2n) is 6.32. The topological polar surface area (TPSA) is 46.5 Å². The molecule has 0 fully saturated rings. The van der Waals surface area contributed by atoms with Gasteiger partial charge in [-0.25, -0.2) is 4.79 Å². The van der Waals surface area contributed by atoms with Crippen LogP contribution in [0.1, 0.15) is 0 Å². The van der Waals surface area contributed by atoms with Crippen molar-refractivity contribution >= 4 is 6.16 Å². The monoisotopic (exact) mass is 366 g/mol. The SMILES string of the molecule is O=C(O)Oc1ccccc1-c1c(-c2ccccc2)cccc1-c1ccccc1. The first-order valence-electron chi connectivity index (χ1n) is 8.98. The molecule has 4 aromatic carbocycles. The third-order valence-corrected chi connectivity index (χ3v) is 4.59. The highest BCUT2D eigenvalue weighted by atomic mass is 16.7. The molecular formula is C25H18O3. The van der Waals surface area contributed by atoms with Gasteiger partial charge >= 0.3 is 6.16 Å². The molecule has 0 spiro atoms. The Labute approximate surface area is 163 Å². The van der Waals surface area contributed by atoms with Gasteiger partial charge in [0.25, 0.3) is 0 Å². The van der Waals surface area contributed by atoms with Crippen molar-refractivity contribution in [3.05, 3.63) is 103 Å². The Kier molecular flexibility index (Phi) is 4.89. The zero-order chi connectivity index (χ0) is 19.3. The lowest BCUT2D eigenvalue weighted by molar-refractivity contribution is 0.144. The first-order valence-corrected chi connectivity index (χ1v) is 8.98. The standard InChI is InChI=1S/C25H18O3/c26-25(27)28-23-17-8-7-14-22(23)24-20(18-10-3-1-4-11-18)15-9-16-21(24)19-12-5-2-6-13-19/h1-17H,(H,26,27). The van der Waals surface area contributed by atoms with Crippen LogP contribution in [-0.4, -0.2) is 11.3 Å². The second kappa shape index (κ2) is 7.80. The predicted molar refractivity (Wildman–Crippen MR) is 111 cm³/mol. The van der Waals surface area contributed by atoms with E-state index in [9.17, 15) is 9.90 Å². The molecule has 0 unspecified atom stereocenters. The van der Waals surface area contributed by atoms with Crippen LogP contribution in [0, 0.1) is 0 Å². The Morgan fingerprint density at radius 3 is 1.57 bits per heavy atom. The van der Waals surface area contributed by atoms with E-state index < -0.39 is 6.16 Å². The smallest absolute Gasteiger partial charge is 0.449 e. The van der Waals surface area contributed by atoms with Gasteiger partial charge < -0.3 is 9.84 Å². The predicted octanol–water partition coefficient (Wildman–Crippen LogP) is 6.74. The Morgan fingerprint density at radius 1 is 0.571 bits per heavy atom. The fourth-order valence-corrected chi connectivity index (χ4v) is 3.42. The number of hydrogen-bond acceptors (Lipinski definition) is 2. The van der Waals surface area contributed by atoms with Crippen LogP contribution in [-0.2, 0) is 0 Å². The molecule has 0 aliphatic rings. The van der Waals surface area contributed by atoms with Crippen molar-refractivity contribution in [2.24, 2.45) is 0 Å². The molecular weight excluding hydrogens is 348 g/mol. The van der Waals surface area contributed by atoms with Crippen molar-refractivity contribution in [2.45, 2.75) is 0 Å². The van der Waals surface area contributed by atoms with E-state index in [-0.39, 0.29) is 0 Å². The van der Waals surface area contributed by atoms with Gasteiger partial charge in [0, 0.05) is 11.1 Å². The summed E-state index contributed by atoms with van der Waals surface area (Å²) in [6.45, 7) is 0. The minimum atomic E-state index is -1.33. The summed E-state index contributed by atoms with van der Waals surface area (Å²) in [4.78, 5) is 11.2. The zero-order valence-corrected chi connectivity index (χ0v) is 15.1. The van der Waals surface area contributed by atoms with E-state index in [1.54, 1.807) is 12.1 Å². The molecule has 0 radical (unpaired) electrons. The van der Waals surface area contributed by atoms with E-state index in [4.69, 9.17) is 4.74 Å². The fraction of sp³-hybridized carbons (Fsp3) is 0. The molecule has 0 bridgehead atoms. The Hall–Kier alpha value is -3.85. The van der Waals surface area contributed by atoms with Crippen LogP contribution in [0.5, 0.6) is 5.75 Å². The van der Waals surface area contributed by atoms with Gasteiger partial charge in [-0.2, -0.15) is 0 Å². The molecule has 3 nitrogen and oxygen atoms in total. The van der Waals surface area contributed by atoms with Crippen molar-refractivity contribution in [3.63, 3.8) is 0 Å². The zero-order valence-electron chi connectivity index (χ0n) is 15.1. The van der Waals surface area contributed by atoms with Crippen molar-refractivity contribution in [2.75, 3.05) is 0 Å². The number of rotatable bonds is 4. The number of hydrogen-bond donors (Lipinski definition) is 1. The van der Waals surface area contributed by atoms with Crippen LogP contribution in [0.25, 0.3) is 33.4 Å². The van der Waals surface area contributed by atoms with E-state index in [0.717, 1.165) is 33.4 Å². The van der Waals surface area contributed by atoms with E-state index in [2.05, 4.69) is 12.1 Å². The number of benzene rings is 4.